The summed E-state index contributed by atoms with van der Waals surface area (Å²) in [6.45, 7) is 5.41. The Morgan fingerprint density at radius 2 is 1.89 bits per heavy atom. The molecule has 0 amide bonds. The summed E-state index contributed by atoms with van der Waals surface area (Å²) in [7, 11) is 0. The van der Waals surface area contributed by atoms with Crippen LogP contribution < -0.4 is 10.2 Å². The number of pyridine rings is 1. The normalized spacial score (nSPS) is 21.8. The smallest absolute Gasteiger partial charge is 0.130 e. The summed E-state index contributed by atoms with van der Waals surface area (Å²) in [6, 6.07) is 6.31. The van der Waals surface area contributed by atoms with E-state index in [1.807, 2.05) is 0 Å². The summed E-state index contributed by atoms with van der Waals surface area (Å²) in [5.41, 5.74) is 0.690. The summed E-state index contributed by atoms with van der Waals surface area (Å²) in [5, 5.41) is 3.30. The van der Waals surface area contributed by atoms with Crippen molar-refractivity contribution in [1.29, 1.82) is 0 Å². The second kappa shape index (κ2) is 5.40. The van der Waals surface area contributed by atoms with E-state index in [0.717, 1.165) is 18.2 Å². The third kappa shape index (κ3) is 2.70. The first kappa shape index (κ1) is 12.8. The van der Waals surface area contributed by atoms with Crippen molar-refractivity contribution in [1.82, 2.24) is 4.98 Å². The van der Waals surface area contributed by atoms with Gasteiger partial charge in [-0.25, -0.2) is 4.98 Å². The van der Waals surface area contributed by atoms with Gasteiger partial charge < -0.3 is 10.2 Å². The van der Waals surface area contributed by atoms with Crippen molar-refractivity contribution in [2.24, 2.45) is 5.41 Å². The van der Waals surface area contributed by atoms with Gasteiger partial charge in [-0.2, -0.15) is 0 Å². The standard InChI is InChI=1S/C16H25N3/c1-2-17-14-6-5-7-15(18-14)19-12-10-16(11-13-19)8-3-4-9-16/h5-7H,2-4,8-13H2,1H3,(H,17,18). The Balaban J connectivity index is 1.66. The lowest BCUT2D eigenvalue weighted by Gasteiger charge is -2.40. The molecule has 1 aromatic rings. The van der Waals surface area contributed by atoms with Gasteiger partial charge in [0.15, 0.2) is 0 Å². The summed E-state index contributed by atoms with van der Waals surface area (Å²) >= 11 is 0. The first-order valence-corrected chi connectivity index (χ1v) is 7.77. The van der Waals surface area contributed by atoms with E-state index in [2.05, 4.69) is 35.3 Å². The van der Waals surface area contributed by atoms with Gasteiger partial charge >= 0.3 is 0 Å². The van der Waals surface area contributed by atoms with E-state index in [1.165, 1.54) is 51.6 Å². The Bertz CT molecular complexity index is 414. The molecule has 1 saturated heterocycles. The first-order valence-electron chi connectivity index (χ1n) is 7.77. The fourth-order valence-electron chi connectivity index (χ4n) is 3.71. The van der Waals surface area contributed by atoms with E-state index in [9.17, 15) is 0 Å². The number of hydrogen-bond donors (Lipinski definition) is 1. The molecule has 2 aliphatic rings. The van der Waals surface area contributed by atoms with Crippen LogP contribution in [0.2, 0.25) is 0 Å². The van der Waals surface area contributed by atoms with E-state index >= 15 is 0 Å². The molecule has 1 aliphatic carbocycles. The lowest BCUT2D eigenvalue weighted by molar-refractivity contribution is 0.226. The van der Waals surface area contributed by atoms with Crippen molar-refractivity contribution in [3.63, 3.8) is 0 Å². The highest BCUT2D eigenvalue weighted by molar-refractivity contribution is 5.47. The minimum Gasteiger partial charge on any atom is -0.370 e. The molecule has 3 nitrogen and oxygen atoms in total. The summed E-state index contributed by atoms with van der Waals surface area (Å²) in [5.74, 6) is 2.15. The average molecular weight is 259 g/mol. The second-order valence-electron chi connectivity index (χ2n) is 6.11. The number of piperidine rings is 1. The summed E-state index contributed by atoms with van der Waals surface area (Å²) in [6.07, 6.45) is 8.56. The monoisotopic (exact) mass is 259 g/mol. The molecule has 0 unspecified atom stereocenters. The summed E-state index contributed by atoms with van der Waals surface area (Å²) < 4.78 is 0. The average Bonchev–Trinajstić information content (AvgIpc) is 2.89. The van der Waals surface area contributed by atoms with Gasteiger partial charge in [-0.3, -0.25) is 0 Å². The minimum absolute atomic E-state index is 0.690. The van der Waals surface area contributed by atoms with Crippen LogP contribution in [0.5, 0.6) is 0 Å². The van der Waals surface area contributed by atoms with E-state index in [-0.39, 0.29) is 0 Å². The van der Waals surface area contributed by atoms with Crippen molar-refractivity contribution in [3.8, 4) is 0 Å². The van der Waals surface area contributed by atoms with Crippen LogP contribution in [0.4, 0.5) is 11.6 Å². The van der Waals surface area contributed by atoms with Crippen molar-refractivity contribution < 1.29 is 0 Å². The molecule has 1 aromatic heterocycles. The van der Waals surface area contributed by atoms with Crippen LogP contribution in [0.3, 0.4) is 0 Å². The molecular formula is C16H25N3. The molecule has 1 aliphatic heterocycles. The molecule has 1 saturated carbocycles. The zero-order valence-electron chi connectivity index (χ0n) is 12.0. The Hall–Kier alpha value is -1.25. The van der Waals surface area contributed by atoms with Crippen molar-refractivity contribution in [2.75, 3.05) is 29.9 Å². The molecule has 3 rings (SSSR count). The van der Waals surface area contributed by atoms with Crippen LogP contribution in [0.15, 0.2) is 18.2 Å². The Morgan fingerprint density at radius 1 is 1.16 bits per heavy atom. The number of nitrogens with one attached hydrogen (secondary N) is 1. The van der Waals surface area contributed by atoms with Gasteiger partial charge in [0.2, 0.25) is 0 Å². The molecule has 1 N–H and O–H groups in total. The Kier molecular flexibility index (Phi) is 3.63. The lowest BCUT2D eigenvalue weighted by atomic mass is 9.77. The molecule has 1 spiro atoms. The van der Waals surface area contributed by atoms with Crippen molar-refractivity contribution in [3.05, 3.63) is 18.2 Å². The maximum absolute atomic E-state index is 4.72. The molecule has 0 bridgehead atoms. The van der Waals surface area contributed by atoms with Gasteiger partial charge in [-0.15, -0.1) is 0 Å². The molecule has 0 radical (unpaired) electrons. The molecule has 19 heavy (non-hydrogen) atoms. The zero-order valence-corrected chi connectivity index (χ0v) is 12.0. The van der Waals surface area contributed by atoms with Crippen LogP contribution in [0, 0.1) is 5.41 Å². The number of nitrogens with zero attached hydrogens (tertiary/aromatic N) is 2. The summed E-state index contributed by atoms with van der Waals surface area (Å²) in [4.78, 5) is 7.18. The highest BCUT2D eigenvalue weighted by Gasteiger charge is 2.37. The number of hydrogen-bond acceptors (Lipinski definition) is 3. The molecule has 0 aromatic carbocycles. The van der Waals surface area contributed by atoms with Gasteiger partial charge in [0.05, 0.1) is 0 Å². The van der Waals surface area contributed by atoms with E-state index in [0.29, 0.717) is 5.41 Å². The first-order chi connectivity index (χ1) is 9.31. The Labute approximate surface area is 116 Å². The van der Waals surface area contributed by atoms with E-state index < -0.39 is 0 Å². The molecule has 0 atom stereocenters. The van der Waals surface area contributed by atoms with E-state index in [1.54, 1.807) is 0 Å². The molecule has 104 valence electrons. The maximum atomic E-state index is 4.72. The fraction of sp³-hybridized carbons (Fsp3) is 0.688. The van der Waals surface area contributed by atoms with Gasteiger partial charge in [0, 0.05) is 19.6 Å². The van der Waals surface area contributed by atoms with Gasteiger partial charge in [0.25, 0.3) is 0 Å². The maximum Gasteiger partial charge on any atom is 0.130 e. The SMILES string of the molecule is CCNc1cccc(N2CCC3(CCCC3)CC2)n1. The number of anilines is 2. The van der Waals surface area contributed by atoms with Crippen LogP contribution >= 0.6 is 0 Å². The Morgan fingerprint density at radius 3 is 2.58 bits per heavy atom. The molecule has 2 fully saturated rings. The quantitative estimate of drug-likeness (QED) is 0.897. The number of aromatic nitrogens is 1. The predicted molar refractivity (Wildman–Crippen MR) is 80.7 cm³/mol. The van der Waals surface area contributed by atoms with Crippen LogP contribution in [0.1, 0.15) is 45.4 Å². The van der Waals surface area contributed by atoms with Crippen LogP contribution in [0.25, 0.3) is 0 Å². The lowest BCUT2D eigenvalue weighted by Crippen LogP contribution is -2.39. The van der Waals surface area contributed by atoms with Gasteiger partial charge in [-0.05, 0) is 50.2 Å². The fourth-order valence-corrected chi connectivity index (χ4v) is 3.71. The topological polar surface area (TPSA) is 28.2 Å². The van der Waals surface area contributed by atoms with Crippen LogP contribution in [-0.4, -0.2) is 24.6 Å². The van der Waals surface area contributed by atoms with Crippen molar-refractivity contribution >= 4 is 11.6 Å². The number of rotatable bonds is 3. The zero-order chi connectivity index (χ0) is 13.1. The van der Waals surface area contributed by atoms with Gasteiger partial charge in [0.1, 0.15) is 11.6 Å². The second-order valence-corrected chi connectivity index (χ2v) is 6.11. The molecule has 3 heteroatoms. The minimum atomic E-state index is 0.690. The largest absolute Gasteiger partial charge is 0.370 e. The third-order valence-corrected chi connectivity index (χ3v) is 4.90. The predicted octanol–water partition coefficient (Wildman–Crippen LogP) is 3.67. The molecular weight excluding hydrogens is 234 g/mol. The highest BCUT2D eigenvalue weighted by atomic mass is 15.2. The van der Waals surface area contributed by atoms with E-state index in [4.69, 9.17) is 4.98 Å². The highest BCUT2D eigenvalue weighted by Crippen LogP contribution is 2.46. The molecule has 2 heterocycles. The van der Waals surface area contributed by atoms with Crippen molar-refractivity contribution in [2.45, 2.75) is 45.4 Å². The third-order valence-electron chi connectivity index (χ3n) is 4.90. The van der Waals surface area contributed by atoms with Crippen LogP contribution in [-0.2, 0) is 0 Å². The van der Waals surface area contributed by atoms with Gasteiger partial charge in [-0.1, -0.05) is 18.9 Å².